The van der Waals surface area contributed by atoms with Crippen LogP contribution in [0.25, 0.3) is 11.3 Å². The number of anilines is 1. The number of hydrogen-bond acceptors (Lipinski definition) is 7. The molecule has 4 rings (SSSR count). The summed E-state index contributed by atoms with van der Waals surface area (Å²) in [6.07, 6.45) is 1.72. The summed E-state index contributed by atoms with van der Waals surface area (Å²) >= 11 is 1.24. The van der Waals surface area contributed by atoms with Crippen molar-refractivity contribution in [1.82, 2.24) is 14.0 Å². The average Bonchev–Trinajstić information content (AvgIpc) is 3.20. The van der Waals surface area contributed by atoms with Crippen molar-refractivity contribution in [1.29, 1.82) is 0 Å². The Morgan fingerprint density at radius 2 is 1.79 bits per heavy atom. The number of nitrogen functional groups attached to an aromatic ring is 1. The molecule has 3 aromatic rings. The van der Waals surface area contributed by atoms with Crippen molar-refractivity contribution in [2.24, 2.45) is 0 Å². The van der Waals surface area contributed by atoms with Crippen LogP contribution in [-0.4, -0.2) is 59.8 Å². The molecule has 1 unspecified atom stereocenters. The maximum Gasteiger partial charge on any atom is 0.243 e. The van der Waals surface area contributed by atoms with Crippen molar-refractivity contribution >= 4 is 33.4 Å². The van der Waals surface area contributed by atoms with Crippen LogP contribution in [0.1, 0.15) is 6.92 Å². The Hall–Kier alpha value is -2.86. The van der Waals surface area contributed by atoms with E-state index < -0.39 is 15.3 Å². The monoisotopic (exact) mass is 487 g/mol. The van der Waals surface area contributed by atoms with Gasteiger partial charge in [-0.2, -0.15) is 4.31 Å². The molecule has 0 spiro atoms. The summed E-state index contributed by atoms with van der Waals surface area (Å²) in [6, 6.07) is 15.8. The number of carbonyl (C=O) groups is 1. The first-order chi connectivity index (χ1) is 15.8. The second-order valence-electron chi connectivity index (χ2n) is 7.47. The Balaban J connectivity index is 1.39. The van der Waals surface area contributed by atoms with Gasteiger partial charge in [0, 0.05) is 24.3 Å². The molecule has 3 N–H and O–H groups in total. The molecule has 9 nitrogen and oxygen atoms in total. The van der Waals surface area contributed by atoms with Crippen LogP contribution in [0.2, 0.25) is 0 Å². The van der Waals surface area contributed by atoms with Crippen molar-refractivity contribution in [3.05, 3.63) is 60.8 Å². The first-order valence-corrected chi connectivity index (χ1v) is 12.7. The molecule has 1 aromatic heterocycles. The lowest BCUT2D eigenvalue weighted by Crippen LogP contribution is -2.40. The van der Waals surface area contributed by atoms with Crippen molar-refractivity contribution in [3.8, 4) is 11.3 Å². The SMILES string of the molecule is CC(Sc1nc(-c2ccccc2)cn1N)C(=O)Nc1ccc(S(=O)(=O)N2CCOCC2)cc1. The van der Waals surface area contributed by atoms with Gasteiger partial charge in [-0.3, -0.25) is 4.79 Å². The Morgan fingerprint density at radius 3 is 2.45 bits per heavy atom. The van der Waals surface area contributed by atoms with Gasteiger partial charge in [-0.25, -0.2) is 18.1 Å². The minimum atomic E-state index is -3.58. The predicted octanol–water partition coefficient (Wildman–Crippen LogP) is 2.40. The normalized spacial score (nSPS) is 15.8. The number of amides is 1. The number of morpholine rings is 1. The molecule has 1 amide bonds. The van der Waals surface area contributed by atoms with E-state index in [1.54, 1.807) is 25.3 Å². The number of nitrogens with zero attached hydrogens (tertiary/aromatic N) is 3. The molecule has 174 valence electrons. The highest BCUT2D eigenvalue weighted by Gasteiger charge is 2.26. The molecule has 0 saturated carbocycles. The molecule has 1 aliphatic heterocycles. The second-order valence-corrected chi connectivity index (χ2v) is 10.7. The third-order valence-electron chi connectivity index (χ3n) is 5.15. The minimum absolute atomic E-state index is 0.184. The number of carbonyl (C=O) groups excluding carboxylic acids is 1. The molecule has 1 atom stereocenters. The standard InChI is InChI=1S/C22H25N5O4S2/c1-16(32-22-25-20(15-27(22)23)17-5-3-2-4-6-17)21(28)24-18-7-9-19(10-8-18)33(29,30)26-11-13-31-14-12-26/h2-10,15-16H,11-14,23H2,1H3,(H,24,28). The van der Waals surface area contributed by atoms with Gasteiger partial charge in [-0.05, 0) is 31.2 Å². The van der Waals surface area contributed by atoms with E-state index in [0.717, 1.165) is 11.3 Å². The molecule has 33 heavy (non-hydrogen) atoms. The Kier molecular flexibility index (Phi) is 7.03. The summed E-state index contributed by atoms with van der Waals surface area (Å²) in [7, 11) is -3.58. The summed E-state index contributed by atoms with van der Waals surface area (Å²) in [5, 5.41) is 2.85. The molecule has 0 radical (unpaired) electrons. The zero-order valence-electron chi connectivity index (χ0n) is 18.0. The van der Waals surface area contributed by atoms with Crippen LogP contribution in [0.3, 0.4) is 0 Å². The zero-order valence-corrected chi connectivity index (χ0v) is 19.7. The van der Waals surface area contributed by atoms with E-state index in [2.05, 4.69) is 10.3 Å². The molecule has 11 heteroatoms. The first-order valence-electron chi connectivity index (χ1n) is 10.4. The number of aromatic nitrogens is 2. The van der Waals surface area contributed by atoms with Crippen molar-refractivity contribution in [2.45, 2.75) is 22.2 Å². The maximum atomic E-state index is 12.7. The van der Waals surface area contributed by atoms with E-state index in [4.69, 9.17) is 10.6 Å². The molecule has 2 aromatic carbocycles. The highest BCUT2D eigenvalue weighted by molar-refractivity contribution is 8.00. The predicted molar refractivity (Wildman–Crippen MR) is 128 cm³/mol. The number of nitrogens with one attached hydrogen (secondary N) is 1. The smallest absolute Gasteiger partial charge is 0.243 e. The molecular formula is C22H25N5O4S2. The van der Waals surface area contributed by atoms with Gasteiger partial charge in [-0.15, -0.1) is 0 Å². The average molecular weight is 488 g/mol. The Morgan fingerprint density at radius 1 is 1.12 bits per heavy atom. The van der Waals surface area contributed by atoms with E-state index in [9.17, 15) is 13.2 Å². The van der Waals surface area contributed by atoms with Crippen LogP contribution >= 0.6 is 11.8 Å². The number of benzene rings is 2. The third-order valence-corrected chi connectivity index (χ3v) is 8.14. The topological polar surface area (TPSA) is 120 Å². The number of nitrogens with two attached hydrogens (primary N) is 1. The first kappa shape index (κ1) is 23.3. The zero-order chi connectivity index (χ0) is 23.4. The Bertz CT molecular complexity index is 1210. The van der Waals surface area contributed by atoms with Gasteiger partial charge in [0.1, 0.15) is 0 Å². The molecule has 2 heterocycles. The number of ether oxygens (including phenoxy) is 1. The van der Waals surface area contributed by atoms with Crippen molar-refractivity contribution in [3.63, 3.8) is 0 Å². The lowest BCUT2D eigenvalue weighted by molar-refractivity contribution is -0.115. The second kappa shape index (κ2) is 9.96. The van der Waals surface area contributed by atoms with Crippen LogP contribution in [0.15, 0.2) is 70.8 Å². The number of imidazole rings is 1. The van der Waals surface area contributed by atoms with Crippen LogP contribution < -0.4 is 11.2 Å². The minimum Gasteiger partial charge on any atom is -0.379 e. The maximum absolute atomic E-state index is 12.7. The molecule has 1 saturated heterocycles. The summed E-state index contributed by atoms with van der Waals surface area (Å²) in [5.74, 6) is 5.79. The van der Waals surface area contributed by atoms with Gasteiger partial charge in [0.25, 0.3) is 0 Å². The number of hydrogen-bond donors (Lipinski definition) is 2. The number of thioether (sulfide) groups is 1. The van der Waals surface area contributed by atoms with Gasteiger partial charge >= 0.3 is 0 Å². The van der Waals surface area contributed by atoms with Crippen LogP contribution in [0.5, 0.6) is 0 Å². The van der Waals surface area contributed by atoms with Gasteiger partial charge in [-0.1, -0.05) is 42.1 Å². The van der Waals surface area contributed by atoms with Crippen LogP contribution in [0, 0.1) is 0 Å². The summed E-state index contributed by atoms with van der Waals surface area (Å²) in [5.41, 5.74) is 2.17. The van der Waals surface area contributed by atoms with Crippen LogP contribution in [0.4, 0.5) is 5.69 Å². The largest absolute Gasteiger partial charge is 0.379 e. The lowest BCUT2D eigenvalue weighted by atomic mass is 10.2. The highest BCUT2D eigenvalue weighted by Crippen LogP contribution is 2.27. The summed E-state index contributed by atoms with van der Waals surface area (Å²) < 4.78 is 33.5. The number of rotatable bonds is 7. The fourth-order valence-electron chi connectivity index (χ4n) is 3.31. The summed E-state index contributed by atoms with van der Waals surface area (Å²) in [4.78, 5) is 17.4. The van der Waals surface area contributed by atoms with Gasteiger partial charge in [0.15, 0.2) is 5.16 Å². The van der Waals surface area contributed by atoms with E-state index in [0.29, 0.717) is 37.1 Å². The van der Waals surface area contributed by atoms with Gasteiger partial charge in [0.05, 0.1) is 35.2 Å². The van der Waals surface area contributed by atoms with Crippen molar-refractivity contribution in [2.75, 3.05) is 37.5 Å². The molecule has 1 aliphatic rings. The highest BCUT2D eigenvalue weighted by atomic mass is 32.2. The molecular weight excluding hydrogens is 462 g/mol. The fourth-order valence-corrected chi connectivity index (χ4v) is 5.53. The van der Waals surface area contributed by atoms with Crippen LogP contribution in [-0.2, 0) is 19.6 Å². The Labute approximate surface area is 197 Å². The lowest BCUT2D eigenvalue weighted by Gasteiger charge is -2.26. The molecule has 0 bridgehead atoms. The summed E-state index contributed by atoms with van der Waals surface area (Å²) in [6.45, 7) is 3.19. The molecule has 0 aliphatic carbocycles. The van der Waals surface area contributed by atoms with E-state index in [1.165, 1.54) is 32.9 Å². The van der Waals surface area contributed by atoms with Gasteiger partial charge in [0.2, 0.25) is 15.9 Å². The van der Waals surface area contributed by atoms with Crippen molar-refractivity contribution < 1.29 is 17.9 Å². The van der Waals surface area contributed by atoms with E-state index in [-0.39, 0.29) is 10.8 Å². The number of sulfonamides is 1. The molecule has 1 fully saturated rings. The fraction of sp³-hybridized carbons (Fsp3) is 0.273. The third kappa shape index (κ3) is 5.38. The van der Waals surface area contributed by atoms with E-state index in [1.807, 2.05) is 30.3 Å². The van der Waals surface area contributed by atoms with E-state index >= 15 is 0 Å². The quantitative estimate of drug-likeness (QED) is 0.388. The van der Waals surface area contributed by atoms with Gasteiger partial charge < -0.3 is 15.9 Å².